The van der Waals surface area contributed by atoms with E-state index in [2.05, 4.69) is 0 Å². The molecule has 4 rings (SSSR count). The Morgan fingerprint density at radius 3 is 1.80 bits per heavy atom. The Labute approximate surface area is 240 Å². The lowest BCUT2D eigenvalue weighted by molar-refractivity contribution is -0.118. The van der Waals surface area contributed by atoms with Crippen LogP contribution in [0.3, 0.4) is 0 Å². The van der Waals surface area contributed by atoms with Crippen molar-refractivity contribution < 1.29 is 36.6 Å². The van der Waals surface area contributed by atoms with Crippen molar-refractivity contribution in [2.24, 2.45) is 0 Å². The van der Waals surface area contributed by atoms with Gasteiger partial charge in [-0.2, -0.15) is 0 Å². The number of carbonyl (C=O) groups is 2. The minimum atomic E-state index is -2.29. The average Bonchev–Trinajstić information content (AvgIpc) is 2.97. The third-order valence-electron chi connectivity index (χ3n) is 5.88. The Kier molecular flexibility index (Phi) is 9.64. The lowest BCUT2D eigenvalue weighted by Gasteiger charge is -2.27. The van der Waals surface area contributed by atoms with E-state index in [-0.39, 0.29) is 30.6 Å². The van der Waals surface area contributed by atoms with Crippen LogP contribution in [0.1, 0.15) is 21.5 Å². The smallest absolute Gasteiger partial charge is 0.335 e. The number of rotatable bonds is 10. The molecule has 1 N–H and O–H groups in total. The molecule has 0 radical (unpaired) electrons. The quantitative estimate of drug-likeness (QED) is 0.0878. The second kappa shape index (κ2) is 13.2. The zero-order chi connectivity index (χ0) is 29.7. The largest absolute Gasteiger partial charge is 0.478 e. The van der Waals surface area contributed by atoms with Gasteiger partial charge in [0.15, 0.2) is 23.3 Å². The van der Waals surface area contributed by atoms with Crippen LogP contribution in [0.25, 0.3) is 0 Å². The summed E-state index contributed by atoms with van der Waals surface area (Å²) in [5.41, 5.74) is 1.59. The Bertz CT molecular complexity index is 1530. The molecule has 0 saturated carbocycles. The molecule has 41 heavy (non-hydrogen) atoms. The molecule has 0 unspecified atom stereocenters. The second-order valence-corrected chi connectivity index (χ2v) is 10.3. The summed E-state index contributed by atoms with van der Waals surface area (Å²) in [5.74, 6) is -12.3. The number of halogens is 6. The number of hydrogen-bond donors (Lipinski definition) is 1. The number of hydrogen-bond acceptors (Lipinski definition) is 4. The second-order valence-electron chi connectivity index (χ2n) is 8.73. The van der Waals surface area contributed by atoms with Gasteiger partial charge in [-0.3, -0.25) is 4.79 Å². The molecular formula is C29H20ClF5N2O3S. The molecular weight excluding hydrogens is 587 g/mol. The third-order valence-corrected chi connectivity index (χ3v) is 7.19. The summed E-state index contributed by atoms with van der Waals surface area (Å²) in [4.78, 5) is 25.2. The van der Waals surface area contributed by atoms with Crippen molar-refractivity contribution in [3.05, 3.63) is 130 Å². The van der Waals surface area contributed by atoms with Crippen molar-refractivity contribution in [2.45, 2.75) is 18.0 Å². The molecule has 0 aromatic heterocycles. The zero-order valence-electron chi connectivity index (χ0n) is 21.0. The summed E-state index contributed by atoms with van der Waals surface area (Å²) < 4.78 is 71.8. The van der Waals surface area contributed by atoms with Gasteiger partial charge in [0.2, 0.25) is 11.7 Å². The van der Waals surface area contributed by atoms with E-state index >= 15 is 0 Å². The highest BCUT2D eigenvalue weighted by Gasteiger charge is 2.29. The Morgan fingerprint density at radius 1 is 0.707 bits per heavy atom. The van der Waals surface area contributed by atoms with Crippen LogP contribution in [-0.4, -0.2) is 27.8 Å². The van der Waals surface area contributed by atoms with Gasteiger partial charge in [-0.1, -0.05) is 54.1 Å². The van der Waals surface area contributed by atoms with Crippen LogP contribution in [0.4, 0.5) is 27.6 Å². The molecule has 12 heteroatoms. The molecule has 0 aliphatic heterocycles. The normalized spacial score (nSPS) is 11.1. The van der Waals surface area contributed by atoms with E-state index in [1.54, 1.807) is 54.6 Å². The Balaban J connectivity index is 1.70. The van der Waals surface area contributed by atoms with E-state index < -0.39 is 52.4 Å². The van der Waals surface area contributed by atoms with Crippen LogP contribution in [0.5, 0.6) is 0 Å². The predicted octanol–water partition coefficient (Wildman–Crippen LogP) is 7.48. The highest BCUT2D eigenvalue weighted by Crippen LogP contribution is 2.34. The Hall–Kier alpha value is -3.93. The van der Waals surface area contributed by atoms with Gasteiger partial charge in [-0.05, 0) is 59.5 Å². The van der Waals surface area contributed by atoms with Crippen molar-refractivity contribution in [3.63, 3.8) is 0 Å². The van der Waals surface area contributed by atoms with Gasteiger partial charge >= 0.3 is 5.97 Å². The Morgan fingerprint density at radius 2 is 1.24 bits per heavy atom. The standard InChI is InChI=1S/C29H20ClF5N2O3S/c30-20-10-6-18(7-11-20)14-36(41-28-26(34)24(32)23(31)25(33)27(28)35)16-22(38)37(15-17-4-2-1-3-5-17)21-12-8-19(9-13-21)29(39)40/h1-13H,14-16H2,(H,39,40). The first-order valence-electron chi connectivity index (χ1n) is 11.9. The highest BCUT2D eigenvalue weighted by molar-refractivity contribution is 7.97. The van der Waals surface area contributed by atoms with Gasteiger partial charge in [0.05, 0.1) is 18.7 Å². The number of amides is 1. The molecule has 0 saturated heterocycles. The minimum Gasteiger partial charge on any atom is -0.478 e. The zero-order valence-corrected chi connectivity index (χ0v) is 22.5. The highest BCUT2D eigenvalue weighted by atomic mass is 35.5. The maximum absolute atomic E-state index is 14.6. The molecule has 0 aliphatic rings. The number of carboxylic acids is 1. The van der Waals surface area contributed by atoms with Crippen LogP contribution >= 0.6 is 23.5 Å². The van der Waals surface area contributed by atoms with Crippen molar-refractivity contribution in [1.29, 1.82) is 0 Å². The van der Waals surface area contributed by atoms with Crippen molar-refractivity contribution in [1.82, 2.24) is 4.31 Å². The molecule has 4 aromatic carbocycles. The third kappa shape index (κ3) is 7.24. The van der Waals surface area contributed by atoms with Crippen LogP contribution < -0.4 is 4.90 Å². The summed E-state index contributed by atoms with van der Waals surface area (Å²) in [6, 6.07) is 20.6. The van der Waals surface area contributed by atoms with E-state index in [1.807, 2.05) is 0 Å². The lowest BCUT2D eigenvalue weighted by Crippen LogP contribution is -2.38. The van der Waals surface area contributed by atoms with Crippen LogP contribution in [0.15, 0.2) is 83.8 Å². The number of carbonyl (C=O) groups excluding carboxylic acids is 1. The van der Waals surface area contributed by atoms with Gasteiger partial charge in [0.25, 0.3) is 0 Å². The first kappa shape index (κ1) is 30.0. The number of aromatic carboxylic acids is 1. The molecule has 0 heterocycles. The molecule has 1 amide bonds. The van der Waals surface area contributed by atoms with Crippen LogP contribution in [0.2, 0.25) is 5.02 Å². The fourth-order valence-corrected chi connectivity index (χ4v) is 4.93. The van der Waals surface area contributed by atoms with Gasteiger partial charge in [-0.25, -0.2) is 31.1 Å². The molecule has 0 fully saturated rings. The SMILES string of the molecule is O=C(O)c1ccc(N(Cc2ccccc2)C(=O)CN(Cc2ccc(Cl)cc2)Sc2c(F)c(F)c(F)c(F)c2F)cc1. The van der Waals surface area contributed by atoms with Crippen LogP contribution in [0, 0.1) is 29.1 Å². The van der Waals surface area contributed by atoms with E-state index in [4.69, 9.17) is 11.6 Å². The van der Waals surface area contributed by atoms with Crippen molar-refractivity contribution in [2.75, 3.05) is 11.4 Å². The summed E-state index contributed by atoms with van der Waals surface area (Å²) in [6.07, 6.45) is 0. The summed E-state index contributed by atoms with van der Waals surface area (Å²) in [5, 5.41) is 9.64. The molecule has 0 aliphatic carbocycles. The van der Waals surface area contributed by atoms with Gasteiger partial charge in [-0.15, -0.1) is 0 Å². The molecule has 0 atom stereocenters. The van der Waals surface area contributed by atoms with E-state index in [0.717, 1.165) is 9.87 Å². The van der Waals surface area contributed by atoms with E-state index in [9.17, 15) is 36.6 Å². The number of nitrogens with zero attached hydrogens (tertiary/aromatic N) is 2. The number of anilines is 1. The number of carboxylic acid groups (broad SMARTS) is 1. The van der Waals surface area contributed by atoms with Crippen molar-refractivity contribution in [3.8, 4) is 0 Å². The van der Waals surface area contributed by atoms with Gasteiger partial charge in [0.1, 0.15) is 4.90 Å². The molecule has 5 nitrogen and oxygen atoms in total. The molecule has 0 spiro atoms. The monoisotopic (exact) mass is 606 g/mol. The minimum absolute atomic E-state index is 0.00732. The first-order valence-corrected chi connectivity index (χ1v) is 13.1. The average molecular weight is 607 g/mol. The first-order chi connectivity index (χ1) is 19.5. The maximum Gasteiger partial charge on any atom is 0.335 e. The van der Waals surface area contributed by atoms with Crippen molar-refractivity contribution >= 4 is 41.1 Å². The molecule has 212 valence electrons. The summed E-state index contributed by atoms with van der Waals surface area (Å²) in [6.45, 7) is -0.613. The maximum atomic E-state index is 14.6. The summed E-state index contributed by atoms with van der Waals surface area (Å²) in [7, 11) is 0. The van der Waals surface area contributed by atoms with Gasteiger partial charge in [0, 0.05) is 17.3 Å². The topological polar surface area (TPSA) is 60.9 Å². The molecule has 4 aromatic rings. The number of benzene rings is 4. The summed E-state index contributed by atoms with van der Waals surface area (Å²) >= 11 is 6.15. The van der Waals surface area contributed by atoms with Gasteiger partial charge < -0.3 is 10.0 Å². The molecule has 0 bridgehead atoms. The fraction of sp³-hybridized carbons (Fsp3) is 0.103. The van der Waals surface area contributed by atoms with E-state index in [0.29, 0.717) is 16.3 Å². The fourth-order valence-electron chi connectivity index (χ4n) is 3.82. The lowest BCUT2D eigenvalue weighted by atomic mass is 10.1. The van der Waals surface area contributed by atoms with E-state index in [1.165, 1.54) is 29.2 Å². The predicted molar refractivity (Wildman–Crippen MR) is 145 cm³/mol. The van der Waals surface area contributed by atoms with Crippen LogP contribution in [-0.2, 0) is 17.9 Å².